The molecule has 2 aromatic rings. The quantitative estimate of drug-likeness (QED) is 0.503. The van der Waals surface area contributed by atoms with Gasteiger partial charge in [-0.1, -0.05) is 48.5 Å². The molecule has 2 N–H and O–H groups in total. The second kappa shape index (κ2) is 5.87. The summed E-state index contributed by atoms with van der Waals surface area (Å²) in [7, 11) is 1.37. The Morgan fingerprint density at radius 3 is 1.90 bits per heavy atom. The highest BCUT2D eigenvalue weighted by Gasteiger charge is 2.44. The van der Waals surface area contributed by atoms with Gasteiger partial charge in [-0.3, -0.25) is 9.59 Å². The molecule has 0 fully saturated rings. The number of Topliss-reactive ketones (excluding diaryl/α,β-unsaturated/α-hetero) is 1. The molecule has 0 atom stereocenters. The molecule has 21 heavy (non-hydrogen) atoms. The summed E-state index contributed by atoms with van der Waals surface area (Å²) in [4.78, 5) is 25.3. The SMILES string of the molecule is CN(C(=O)C(O)(O)C(=O)c1ccccc1)c1ccccc1. The smallest absolute Gasteiger partial charge is 0.311 e. The number of hydrogen-bond acceptors (Lipinski definition) is 4. The zero-order valence-corrected chi connectivity index (χ0v) is 11.4. The number of likely N-dealkylation sites (N-methyl/N-ethyl adjacent to an activating group) is 1. The van der Waals surface area contributed by atoms with Crippen LogP contribution >= 0.6 is 0 Å². The fourth-order valence-electron chi connectivity index (χ4n) is 1.89. The van der Waals surface area contributed by atoms with E-state index < -0.39 is 17.5 Å². The lowest BCUT2D eigenvalue weighted by Crippen LogP contribution is -2.53. The minimum Gasteiger partial charge on any atom is -0.352 e. The number of benzene rings is 2. The molecule has 0 unspecified atom stereocenters. The Bertz CT molecular complexity index is 638. The van der Waals surface area contributed by atoms with Gasteiger partial charge in [-0.05, 0) is 12.1 Å². The molecule has 5 heteroatoms. The zero-order chi connectivity index (χ0) is 15.5. The normalized spacial score (nSPS) is 11.0. The summed E-state index contributed by atoms with van der Waals surface area (Å²) in [5.74, 6) is -5.27. The third-order valence-electron chi connectivity index (χ3n) is 3.10. The van der Waals surface area contributed by atoms with E-state index in [0.29, 0.717) is 5.69 Å². The van der Waals surface area contributed by atoms with Crippen LogP contribution in [0.5, 0.6) is 0 Å². The average molecular weight is 285 g/mol. The van der Waals surface area contributed by atoms with Crippen LogP contribution in [0, 0.1) is 0 Å². The Balaban J connectivity index is 2.27. The number of anilines is 1. The number of amides is 1. The Morgan fingerprint density at radius 1 is 0.905 bits per heavy atom. The van der Waals surface area contributed by atoms with Gasteiger partial charge >= 0.3 is 5.79 Å². The Morgan fingerprint density at radius 2 is 1.38 bits per heavy atom. The number of rotatable bonds is 4. The number of carbonyl (C=O) groups is 2. The average Bonchev–Trinajstić information content (AvgIpc) is 2.54. The van der Waals surface area contributed by atoms with Crippen molar-refractivity contribution in [2.24, 2.45) is 0 Å². The first-order valence-corrected chi connectivity index (χ1v) is 6.32. The molecule has 0 bridgehead atoms. The minimum absolute atomic E-state index is 0.0531. The Kier molecular flexibility index (Phi) is 4.16. The predicted octanol–water partition coefficient (Wildman–Crippen LogP) is 1.21. The first-order chi connectivity index (χ1) is 9.94. The lowest BCUT2D eigenvalue weighted by Gasteiger charge is -2.25. The third kappa shape index (κ3) is 2.99. The fraction of sp³-hybridized carbons (Fsp3) is 0.125. The number of ketones is 1. The standard InChI is InChI=1S/C16H15NO4/c1-17(13-10-6-3-7-11-13)15(19)16(20,21)14(18)12-8-4-2-5-9-12/h2-11,20-21H,1H3. The maximum Gasteiger partial charge on any atom is 0.311 e. The van der Waals surface area contributed by atoms with E-state index in [0.717, 1.165) is 4.90 Å². The lowest BCUT2D eigenvalue weighted by atomic mass is 10.0. The van der Waals surface area contributed by atoms with Crippen LogP contribution in [0.25, 0.3) is 0 Å². The molecule has 0 saturated carbocycles. The first kappa shape index (κ1) is 14.9. The van der Waals surface area contributed by atoms with Crippen LogP contribution in [-0.4, -0.2) is 34.7 Å². The topological polar surface area (TPSA) is 77.8 Å². The second-order valence-corrected chi connectivity index (χ2v) is 4.57. The fourth-order valence-corrected chi connectivity index (χ4v) is 1.89. The summed E-state index contributed by atoms with van der Waals surface area (Å²) in [6, 6.07) is 16.1. The van der Waals surface area contributed by atoms with Gasteiger partial charge in [-0.2, -0.15) is 0 Å². The first-order valence-electron chi connectivity index (χ1n) is 6.32. The molecule has 1 amide bonds. The Hall–Kier alpha value is -2.50. The maximum atomic E-state index is 12.2. The summed E-state index contributed by atoms with van der Waals surface area (Å²) in [5, 5.41) is 19.9. The maximum absolute atomic E-state index is 12.2. The zero-order valence-electron chi connectivity index (χ0n) is 11.4. The van der Waals surface area contributed by atoms with Gasteiger partial charge < -0.3 is 15.1 Å². The van der Waals surface area contributed by atoms with Crippen molar-refractivity contribution in [3.8, 4) is 0 Å². The lowest BCUT2D eigenvalue weighted by molar-refractivity contribution is -0.164. The molecule has 0 aliphatic heterocycles. The van der Waals surface area contributed by atoms with Gasteiger partial charge in [0.05, 0.1) is 0 Å². The van der Waals surface area contributed by atoms with Crippen molar-refractivity contribution in [3.63, 3.8) is 0 Å². The van der Waals surface area contributed by atoms with Crippen LogP contribution in [0.3, 0.4) is 0 Å². The van der Waals surface area contributed by atoms with Gasteiger partial charge in [0.15, 0.2) is 0 Å². The molecule has 0 spiro atoms. The molecule has 0 saturated heterocycles. The highest BCUT2D eigenvalue weighted by atomic mass is 16.5. The molecule has 5 nitrogen and oxygen atoms in total. The molecule has 108 valence electrons. The van der Waals surface area contributed by atoms with Gasteiger partial charge in [0.2, 0.25) is 5.78 Å². The molecular formula is C16H15NO4. The molecule has 2 aromatic carbocycles. The molecule has 0 aromatic heterocycles. The molecule has 0 heterocycles. The van der Waals surface area contributed by atoms with Crippen molar-refractivity contribution >= 4 is 17.4 Å². The predicted molar refractivity (Wildman–Crippen MR) is 77.8 cm³/mol. The van der Waals surface area contributed by atoms with Crippen molar-refractivity contribution in [3.05, 3.63) is 66.2 Å². The van der Waals surface area contributed by atoms with Crippen molar-refractivity contribution in [2.75, 3.05) is 11.9 Å². The van der Waals surface area contributed by atoms with E-state index in [4.69, 9.17) is 0 Å². The van der Waals surface area contributed by atoms with Crippen molar-refractivity contribution in [1.82, 2.24) is 0 Å². The number of nitrogens with zero attached hydrogens (tertiary/aromatic N) is 1. The van der Waals surface area contributed by atoms with Crippen molar-refractivity contribution in [1.29, 1.82) is 0 Å². The van der Waals surface area contributed by atoms with Crippen LogP contribution in [-0.2, 0) is 4.79 Å². The third-order valence-corrected chi connectivity index (χ3v) is 3.10. The number of aliphatic hydroxyl groups is 2. The number of carbonyl (C=O) groups excluding carboxylic acids is 2. The highest BCUT2D eigenvalue weighted by Crippen LogP contribution is 2.18. The van der Waals surface area contributed by atoms with Crippen molar-refractivity contribution < 1.29 is 19.8 Å². The van der Waals surface area contributed by atoms with E-state index in [1.54, 1.807) is 48.5 Å². The van der Waals surface area contributed by atoms with Crippen LogP contribution in [0.15, 0.2) is 60.7 Å². The molecule has 0 radical (unpaired) electrons. The second-order valence-electron chi connectivity index (χ2n) is 4.57. The number of para-hydroxylation sites is 1. The summed E-state index contributed by atoms with van der Waals surface area (Å²) < 4.78 is 0. The summed E-state index contributed by atoms with van der Waals surface area (Å²) in [6.07, 6.45) is 0. The highest BCUT2D eigenvalue weighted by molar-refractivity contribution is 6.18. The molecule has 2 rings (SSSR count). The van der Waals surface area contributed by atoms with Crippen LogP contribution < -0.4 is 4.90 Å². The van der Waals surface area contributed by atoms with Gasteiger partial charge in [0.1, 0.15) is 0 Å². The van der Waals surface area contributed by atoms with E-state index in [1.807, 2.05) is 0 Å². The van der Waals surface area contributed by atoms with Crippen LogP contribution in [0.4, 0.5) is 5.69 Å². The van der Waals surface area contributed by atoms with Crippen LogP contribution in [0.2, 0.25) is 0 Å². The minimum atomic E-state index is -3.11. The summed E-state index contributed by atoms with van der Waals surface area (Å²) in [6.45, 7) is 0. The molecular weight excluding hydrogens is 270 g/mol. The summed E-state index contributed by atoms with van der Waals surface area (Å²) >= 11 is 0. The Labute approximate surface area is 122 Å². The van der Waals surface area contributed by atoms with Gasteiger partial charge in [0, 0.05) is 18.3 Å². The van der Waals surface area contributed by atoms with E-state index in [9.17, 15) is 19.8 Å². The van der Waals surface area contributed by atoms with E-state index in [2.05, 4.69) is 0 Å². The van der Waals surface area contributed by atoms with E-state index >= 15 is 0 Å². The monoisotopic (exact) mass is 285 g/mol. The summed E-state index contributed by atoms with van der Waals surface area (Å²) in [5.41, 5.74) is 0.508. The van der Waals surface area contributed by atoms with Crippen molar-refractivity contribution in [2.45, 2.75) is 5.79 Å². The molecule has 0 aliphatic rings. The molecule has 0 aliphatic carbocycles. The number of hydrogen-bond donors (Lipinski definition) is 2. The van der Waals surface area contributed by atoms with E-state index in [-0.39, 0.29) is 5.56 Å². The van der Waals surface area contributed by atoms with Crippen LogP contribution in [0.1, 0.15) is 10.4 Å². The van der Waals surface area contributed by atoms with Gasteiger partial charge in [-0.15, -0.1) is 0 Å². The van der Waals surface area contributed by atoms with E-state index in [1.165, 1.54) is 19.2 Å². The van der Waals surface area contributed by atoms with Gasteiger partial charge in [0.25, 0.3) is 5.91 Å². The largest absolute Gasteiger partial charge is 0.352 e. The van der Waals surface area contributed by atoms with Gasteiger partial charge in [-0.25, -0.2) is 0 Å².